The Hall–Kier alpha value is -0.750. The summed E-state index contributed by atoms with van der Waals surface area (Å²) in [5.74, 6) is -1.89. The summed E-state index contributed by atoms with van der Waals surface area (Å²) in [4.78, 5) is 21.1. The molecule has 0 radical (unpaired) electrons. The van der Waals surface area contributed by atoms with Crippen LogP contribution in [-0.4, -0.2) is 40.0 Å². The van der Waals surface area contributed by atoms with E-state index in [-0.39, 0.29) is 5.75 Å². The first-order valence-electron chi connectivity index (χ1n) is 3.31. The fraction of sp³-hybridized carbons (Fsp3) is 0.667. The summed E-state index contributed by atoms with van der Waals surface area (Å²) in [5.41, 5.74) is 0. The van der Waals surface area contributed by atoms with E-state index in [1.165, 1.54) is 6.92 Å². The van der Waals surface area contributed by atoms with Crippen LogP contribution in [0.15, 0.2) is 0 Å². The average Bonchev–Trinajstić information content (AvgIpc) is 1.98. The number of carbonyl (C=O) groups is 2. The van der Waals surface area contributed by atoms with E-state index in [2.05, 4.69) is 17.9 Å². The summed E-state index contributed by atoms with van der Waals surface area (Å²) in [7, 11) is 0. The van der Waals surface area contributed by atoms with Crippen molar-refractivity contribution in [1.82, 2.24) is 5.32 Å². The molecule has 12 heavy (non-hydrogen) atoms. The number of aliphatic carboxylic acids is 1. The first kappa shape index (κ1) is 11.2. The molecule has 0 aliphatic rings. The minimum atomic E-state index is -1.20. The number of hydrogen-bond acceptors (Lipinski definition) is 4. The number of aliphatic hydroxyl groups is 1. The van der Waals surface area contributed by atoms with E-state index >= 15 is 0 Å². The number of carboxylic acid groups (broad SMARTS) is 1. The van der Waals surface area contributed by atoms with Crippen LogP contribution in [0.1, 0.15) is 6.92 Å². The highest BCUT2D eigenvalue weighted by Gasteiger charge is 2.19. The van der Waals surface area contributed by atoms with Gasteiger partial charge in [-0.2, -0.15) is 12.6 Å². The van der Waals surface area contributed by atoms with Crippen LogP contribution in [0.4, 0.5) is 0 Å². The Kier molecular flexibility index (Phi) is 4.68. The molecule has 6 heteroatoms. The van der Waals surface area contributed by atoms with Crippen molar-refractivity contribution < 1.29 is 19.8 Å². The van der Waals surface area contributed by atoms with Crippen molar-refractivity contribution in [3.05, 3.63) is 0 Å². The van der Waals surface area contributed by atoms with E-state index in [0.29, 0.717) is 0 Å². The van der Waals surface area contributed by atoms with E-state index in [4.69, 9.17) is 10.2 Å². The topological polar surface area (TPSA) is 86.6 Å². The molecule has 3 N–H and O–H groups in total. The van der Waals surface area contributed by atoms with Crippen LogP contribution in [-0.2, 0) is 9.59 Å². The molecule has 0 rings (SSSR count). The van der Waals surface area contributed by atoms with Gasteiger partial charge in [-0.3, -0.25) is 4.79 Å². The highest BCUT2D eigenvalue weighted by Crippen LogP contribution is 1.90. The van der Waals surface area contributed by atoms with Gasteiger partial charge in [0.15, 0.2) is 0 Å². The monoisotopic (exact) mass is 193 g/mol. The van der Waals surface area contributed by atoms with Crippen molar-refractivity contribution in [2.45, 2.75) is 19.1 Å². The molecule has 0 saturated heterocycles. The Morgan fingerprint density at radius 3 is 2.33 bits per heavy atom. The smallest absolute Gasteiger partial charge is 0.327 e. The molecule has 0 fully saturated rings. The number of thiol groups is 1. The van der Waals surface area contributed by atoms with Crippen LogP contribution in [0.5, 0.6) is 0 Å². The van der Waals surface area contributed by atoms with E-state index in [1.807, 2.05) is 0 Å². The summed E-state index contributed by atoms with van der Waals surface area (Å²) in [6.45, 7) is 1.26. The number of hydrogen-bond donors (Lipinski definition) is 4. The molecular formula is C6H11NO4S. The molecule has 0 aromatic heterocycles. The van der Waals surface area contributed by atoms with E-state index in [0.717, 1.165) is 0 Å². The predicted octanol–water partition coefficient (Wildman–Crippen LogP) is -1.13. The first-order valence-corrected chi connectivity index (χ1v) is 3.94. The molecule has 0 unspecified atom stereocenters. The standard InChI is InChI=1S/C6H11NO4S/c1-3(8)5(9)7-4(2-12)6(10)11/h3-4,8,12H,2H2,1H3,(H,7,9)(H,10,11)/t3-,4+/m1/s1. The first-order chi connectivity index (χ1) is 5.49. The molecule has 0 aliphatic heterocycles. The van der Waals surface area contributed by atoms with Crippen LogP contribution in [0, 0.1) is 0 Å². The summed E-state index contributed by atoms with van der Waals surface area (Å²) >= 11 is 3.72. The second-order valence-corrected chi connectivity index (χ2v) is 2.62. The lowest BCUT2D eigenvalue weighted by Gasteiger charge is -2.12. The van der Waals surface area contributed by atoms with Crippen molar-refractivity contribution in [2.75, 3.05) is 5.75 Å². The van der Waals surface area contributed by atoms with Gasteiger partial charge in [-0.15, -0.1) is 0 Å². The molecule has 0 bridgehead atoms. The molecule has 0 saturated carbocycles. The number of aliphatic hydroxyl groups excluding tert-OH is 1. The van der Waals surface area contributed by atoms with Gasteiger partial charge in [-0.25, -0.2) is 4.79 Å². The summed E-state index contributed by atoms with van der Waals surface area (Å²) in [5, 5.41) is 19.3. The van der Waals surface area contributed by atoms with Gasteiger partial charge >= 0.3 is 5.97 Å². The third-order valence-corrected chi connectivity index (χ3v) is 1.54. The second-order valence-electron chi connectivity index (χ2n) is 2.26. The Bertz CT molecular complexity index is 182. The number of amides is 1. The van der Waals surface area contributed by atoms with Gasteiger partial charge in [0.05, 0.1) is 0 Å². The van der Waals surface area contributed by atoms with E-state index in [9.17, 15) is 9.59 Å². The van der Waals surface area contributed by atoms with Crippen LogP contribution < -0.4 is 5.32 Å². The van der Waals surface area contributed by atoms with Gasteiger partial charge in [0.2, 0.25) is 5.91 Å². The van der Waals surface area contributed by atoms with Gasteiger partial charge < -0.3 is 15.5 Å². The van der Waals surface area contributed by atoms with Gasteiger partial charge in [-0.05, 0) is 6.92 Å². The zero-order valence-corrected chi connectivity index (χ0v) is 7.41. The number of nitrogens with one attached hydrogen (secondary N) is 1. The maximum atomic E-state index is 10.8. The molecule has 0 heterocycles. The third kappa shape index (κ3) is 3.59. The summed E-state index contributed by atoms with van der Waals surface area (Å²) in [6.07, 6.45) is -1.20. The SMILES string of the molecule is C[C@@H](O)C(=O)N[C@@H](CS)C(=O)O. The van der Waals surface area contributed by atoms with Gasteiger partial charge in [0.25, 0.3) is 0 Å². The van der Waals surface area contributed by atoms with E-state index < -0.39 is 24.0 Å². The fourth-order valence-electron chi connectivity index (χ4n) is 0.478. The molecule has 70 valence electrons. The highest BCUT2D eigenvalue weighted by molar-refractivity contribution is 7.80. The van der Waals surface area contributed by atoms with Crippen LogP contribution in [0.2, 0.25) is 0 Å². The van der Waals surface area contributed by atoms with Crippen molar-refractivity contribution >= 4 is 24.5 Å². The second kappa shape index (κ2) is 5.00. The number of rotatable bonds is 4. The maximum absolute atomic E-state index is 10.8. The third-order valence-electron chi connectivity index (χ3n) is 1.18. The van der Waals surface area contributed by atoms with Crippen molar-refractivity contribution in [1.29, 1.82) is 0 Å². The summed E-state index contributed by atoms with van der Waals surface area (Å²) in [6, 6.07) is -1.05. The molecule has 0 spiro atoms. The largest absolute Gasteiger partial charge is 0.480 e. The fourth-order valence-corrected chi connectivity index (χ4v) is 0.725. The molecular weight excluding hydrogens is 182 g/mol. The zero-order valence-electron chi connectivity index (χ0n) is 6.52. The van der Waals surface area contributed by atoms with E-state index in [1.54, 1.807) is 0 Å². The summed E-state index contributed by atoms with van der Waals surface area (Å²) < 4.78 is 0. The number of carboxylic acids is 1. The van der Waals surface area contributed by atoms with Crippen molar-refractivity contribution in [2.24, 2.45) is 0 Å². The maximum Gasteiger partial charge on any atom is 0.327 e. The predicted molar refractivity (Wildman–Crippen MR) is 45.1 cm³/mol. The van der Waals surface area contributed by atoms with Gasteiger partial charge in [0.1, 0.15) is 12.1 Å². The lowest BCUT2D eigenvalue weighted by molar-refractivity contribution is -0.142. The molecule has 0 aromatic carbocycles. The van der Waals surface area contributed by atoms with Gasteiger partial charge in [0, 0.05) is 5.75 Å². The molecule has 0 aromatic rings. The van der Waals surface area contributed by atoms with Crippen molar-refractivity contribution in [3.8, 4) is 0 Å². The van der Waals surface area contributed by atoms with Crippen LogP contribution in [0.3, 0.4) is 0 Å². The Balaban J connectivity index is 4.03. The van der Waals surface area contributed by atoms with Crippen LogP contribution >= 0.6 is 12.6 Å². The minimum absolute atomic E-state index is 0.00616. The van der Waals surface area contributed by atoms with Gasteiger partial charge in [-0.1, -0.05) is 0 Å². The lowest BCUT2D eigenvalue weighted by Crippen LogP contribution is -2.45. The average molecular weight is 193 g/mol. The molecule has 2 atom stereocenters. The normalized spacial score (nSPS) is 14.9. The minimum Gasteiger partial charge on any atom is -0.480 e. The van der Waals surface area contributed by atoms with Crippen molar-refractivity contribution in [3.63, 3.8) is 0 Å². The molecule has 0 aliphatic carbocycles. The lowest BCUT2D eigenvalue weighted by atomic mass is 10.3. The molecule has 1 amide bonds. The Morgan fingerprint density at radius 2 is 2.08 bits per heavy atom. The zero-order chi connectivity index (χ0) is 9.72. The number of carbonyl (C=O) groups excluding carboxylic acids is 1. The quantitative estimate of drug-likeness (QED) is 0.425. The molecule has 5 nitrogen and oxygen atoms in total. The Labute approximate surface area is 75.2 Å². The highest BCUT2D eigenvalue weighted by atomic mass is 32.1. The van der Waals surface area contributed by atoms with Crippen LogP contribution in [0.25, 0.3) is 0 Å². The Morgan fingerprint density at radius 1 is 1.58 bits per heavy atom.